The highest BCUT2D eigenvalue weighted by atomic mass is 32.2. The molecule has 4 aromatic rings. The molecule has 0 N–H and O–H groups in total. The zero-order chi connectivity index (χ0) is 27.0. The van der Waals surface area contributed by atoms with E-state index in [9.17, 15) is 13.2 Å². The molecule has 0 aliphatic carbocycles. The summed E-state index contributed by atoms with van der Waals surface area (Å²) >= 11 is 0. The molecular formula is C31H38N2O3S. The van der Waals surface area contributed by atoms with Gasteiger partial charge in [-0.05, 0) is 92.1 Å². The number of para-hydroxylation sites is 2. The quantitative estimate of drug-likeness (QED) is 0.235. The van der Waals surface area contributed by atoms with Gasteiger partial charge in [-0.2, -0.15) is 0 Å². The van der Waals surface area contributed by atoms with E-state index >= 15 is 0 Å². The van der Waals surface area contributed by atoms with Gasteiger partial charge in [-0.15, -0.1) is 0 Å². The highest BCUT2D eigenvalue weighted by Gasteiger charge is 2.29. The van der Waals surface area contributed by atoms with E-state index in [2.05, 4.69) is 41.5 Å². The molecule has 0 spiro atoms. The molecule has 0 unspecified atom stereocenters. The molecule has 0 bridgehead atoms. The van der Waals surface area contributed by atoms with Gasteiger partial charge in [-0.3, -0.25) is 9.13 Å². The molecule has 0 amide bonds. The Labute approximate surface area is 220 Å². The zero-order valence-electron chi connectivity index (χ0n) is 22.8. The van der Waals surface area contributed by atoms with Crippen molar-refractivity contribution in [2.75, 3.05) is 0 Å². The highest BCUT2D eigenvalue weighted by molar-refractivity contribution is 7.91. The molecule has 0 radical (unpaired) electrons. The van der Waals surface area contributed by atoms with Crippen LogP contribution >= 0.6 is 0 Å². The number of benzene rings is 3. The second-order valence-corrected chi connectivity index (χ2v) is 12.4. The molecule has 0 atom stereocenters. The second kappa shape index (κ2) is 9.97. The van der Waals surface area contributed by atoms with Crippen LogP contribution in [0.1, 0.15) is 72.8 Å². The third-order valence-electron chi connectivity index (χ3n) is 8.64. The van der Waals surface area contributed by atoms with Gasteiger partial charge in [-0.25, -0.2) is 13.2 Å². The Balaban J connectivity index is 1.76. The predicted molar refractivity (Wildman–Crippen MR) is 152 cm³/mol. The molecule has 4 rings (SSSR count). The van der Waals surface area contributed by atoms with E-state index in [0.29, 0.717) is 5.69 Å². The first-order chi connectivity index (χ1) is 17.6. The molecule has 0 saturated carbocycles. The standard InChI is InChI=1S/C31H38N2O3S/c1-7-30(5,8-2)23-15-19-25(20-16-23)37(35,36)26-21-17-24(18-22-26)32-27-13-11-12-14-28(27)33(29(32)34)31(6,9-3)10-4/h11-22H,7-10H2,1-6H3. The third-order valence-corrected chi connectivity index (χ3v) is 10.4. The summed E-state index contributed by atoms with van der Waals surface area (Å²) in [4.78, 5) is 14.2. The van der Waals surface area contributed by atoms with E-state index in [0.717, 1.165) is 42.3 Å². The molecule has 0 fully saturated rings. The van der Waals surface area contributed by atoms with Gasteiger partial charge in [-0.1, -0.05) is 58.9 Å². The van der Waals surface area contributed by atoms with E-state index in [4.69, 9.17) is 0 Å². The van der Waals surface area contributed by atoms with Crippen LogP contribution in [0.2, 0.25) is 0 Å². The Hall–Kier alpha value is -3.12. The number of rotatable bonds is 9. The summed E-state index contributed by atoms with van der Waals surface area (Å²) in [5.74, 6) is 0. The van der Waals surface area contributed by atoms with Gasteiger partial charge in [0.1, 0.15) is 0 Å². The number of aromatic nitrogens is 2. The van der Waals surface area contributed by atoms with Crippen molar-refractivity contribution in [1.29, 1.82) is 0 Å². The summed E-state index contributed by atoms with van der Waals surface area (Å²) < 4.78 is 30.4. The molecule has 0 saturated heterocycles. The monoisotopic (exact) mass is 518 g/mol. The Morgan fingerprint density at radius 2 is 1.16 bits per heavy atom. The van der Waals surface area contributed by atoms with E-state index in [1.807, 2.05) is 41.0 Å². The Morgan fingerprint density at radius 1 is 0.676 bits per heavy atom. The number of imidazole rings is 1. The smallest absolute Gasteiger partial charge is 0.286 e. The number of fused-ring (bicyclic) bond motifs is 1. The number of hydrogen-bond donors (Lipinski definition) is 0. The summed E-state index contributed by atoms with van der Waals surface area (Å²) in [5.41, 5.74) is 3.07. The second-order valence-electron chi connectivity index (χ2n) is 10.4. The van der Waals surface area contributed by atoms with Crippen LogP contribution in [0.4, 0.5) is 0 Å². The van der Waals surface area contributed by atoms with Crippen LogP contribution in [0.3, 0.4) is 0 Å². The topological polar surface area (TPSA) is 61.1 Å². The fourth-order valence-corrected chi connectivity index (χ4v) is 6.35. The van der Waals surface area contributed by atoms with E-state index < -0.39 is 9.84 Å². The van der Waals surface area contributed by atoms with Gasteiger partial charge < -0.3 is 0 Å². The maximum atomic E-state index is 13.7. The van der Waals surface area contributed by atoms with Crippen LogP contribution in [0, 0.1) is 0 Å². The summed E-state index contributed by atoms with van der Waals surface area (Å²) in [7, 11) is -3.68. The van der Waals surface area contributed by atoms with Crippen molar-refractivity contribution in [3.05, 3.63) is 88.8 Å². The molecular weight excluding hydrogens is 480 g/mol. The molecule has 37 heavy (non-hydrogen) atoms. The SMILES string of the molecule is CCC(C)(CC)c1ccc(S(=O)(=O)c2ccc(-n3c(=O)n(C(C)(CC)CC)c4ccccc43)cc2)cc1. The number of sulfone groups is 1. The van der Waals surface area contributed by atoms with Crippen molar-refractivity contribution in [2.24, 2.45) is 0 Å². The predicted octanol–water partition coefficient (Wildman–Crippen LogP) is 7.24. The average Bonchev–Trinajstić information content (AvgIpc) is 3.24. The molecule has 6 heteroatoms. The van der Waals surface area contributed by atoms with Crippen molar-refractivity contribution < 1.29 is 8.42 Å². The lowest BCUT2D eigenvalue weighted by atomic mass is 9.78. The van der Waals surface area contributed by atoms with E-state index in [-0.39, 0.29) is 26.4 Å². The lowest BCUT2D eigenvalue weighted by Gasteiger charge is -2.28. The molecule has 0 aliphatic rings. The van der Waals surface area contributed by atoms with Crippen LogP contribution in [-0.4, -0.2) is 17.6 Å². The first-order valence-electron chi connectivity index (χ1n) is 13.3. The van der Waals surface area contributed by atoms with Gasteiger partial charge in [0.15, 0.2) is 0 Å². The minimum absolute atomic E-state index is 0.0298. The highest BCUT2D eigenvalue weighted by Crippen LogP contribution is 2.33. The number of hydrogen-bond acceptors (Lipinski definition) is 3. The van der Waals surface area contributed by atoms with Crippen LogP contribution < -0.4 is 5.69 Å². The van der Waals surface area contributed by atoms with Gasteiger partial charge in [0, 0.05) is 5.54 Å². The van der Waals surface area contributed by atoms with Crippen molar-refractivity contribution in [3.8, 4) is 5.69 Å². The first kappa shape index (κ1) is 26.9. The molecule has 1 aromatic heterocycles. The fourth-order valence-electron chi connectivity index (χ4n) is 5.09. The Morgan fingerprint density at radius 3 is 1.65 bits per heavy atom. The van der Waals surface area contributed by atoms with Crippen LogP contribution in [0.25, 0.3) is 16.7 Å². The summed E-state index contributed by atoms with van der Waals surface area (Å²) in [6, 6.07) is 21.7. The van der Waals surface area contributed by atoms with Crippen LogP contribution in [0.15, 0.2) is 87.4 Å². The maximum absolute atomic E-state index is 13.7. The van der Waals surface area contributed by atoms with Crippen molar-refractivity contribution >= 4 is 20.9 Å². The largest absolute Gasteiger partial charge is 0.334 e. The Kier molecular flexibility index (Phi) is 7.26. The lowest BCUT2D eigenvalue weighted by molar-refractivity contribution is 0.293. The van der Waals surface area contributed by atoms with Gasteiger partial charge in [0.05, 0.1) is 26.5 Å². The fraction of sp³-hybridized carbons (Fsp3) is 0.387. The minimum atomic E-state index is -3.68. The zero-order valence-corrected chi connectivity index (χ0v) is 23.6. The van der Waals surface area contributed by atoms with Gasteiger partial charge >= 0.3 is 5.69 Å². The molecule has 1 heterocycles. The molecule has 5 nitrogen and oxygen atoms in total. The number of nitrogens with zero attached hydrogens (tertiary/aromatic N) is 2. The molecule has 196 valence electrons. The van der Waals surface area contributed by atoms with Crippen LogP contribution in [0.5, 0.6) is 0 Å². The molecule has 0 aliphatic heterocycles. The molecule has 3 aromatic carbocycles. The third kappa shape index (κ3) is 4.46. The van der Waals surface area contributed by atoms with Crippen LogP contribution in [-0.2, 0) is 20.8 Å². The Bertz CT molecular complexity index is 1550. The van der Waals surface area contributed by atoms with Crippen molar-refractivity contribution in [3.63, 3.8) is 0 Å². The van der Waals surface area contributed by atoms with Gasteiger partial charge in [0.25, 0.3) is 0 Å². The van der Waals surface area contributed by atoms with Crippen molar-refractivity contribution in [2.45, 2.75) is 88.0 Å². The van der Waals surface area contributed by atoms with E-state index in [1.54, 1.807) is 41.0 Å². The maximum Gasteiger partial charge on any atom is 0.334 e. The lowest BCUT2D eigenvalue weighted by Crippen LogP contribution is -2.38. The van der Waals surface area contributed by atoms with E-state index in [1.165, 1.54) is 0 Å². The normalized spacial score (nSPS) is 12.8. The van der Waals surface area contributed by atoms with Crippen molar-refractivity contribution in [1.82, 2.24) is 9.13 Å². The minimum Gasteiger partial charge on any atom is -0.286 e. The summed E-state index contributed by atoms with van der Waals surface area (Å²) in [6.45, 7) is 12.8. The summed E-state index contributed by atoms with van der Waals surface area (Å²) in [6.07, 6.45) is 3.62. The van der Waals surface area contributed by atoms with Gasteiger partial charge in [0.2, 0.25) is 9.84 Å². The first-order valence-corrected chi connectivity index (χ1v) is 14.7. The summed E-state index contributed by atoms with van der Waals surface area (Å²) in [5, 5.41) is 0. The average molecular weight is 519 g/mol.